The number of nitrogens with zero attached hydrogens (tertiary/aromatic N) is 3. The number of β-amino-alcohol motifs (C(OH)–C–C–N with tert-alkyl or cyclic N) is 1. The van der Waals surface area contributed by atoms with Gasteiger partial charge in [-0.3, -0.25) is 24.1 Å². The highest BCUT2D eigenvalue weighted by atomic mass is 32.1. The maximum Gasteiger partial charge on any atom is 0.246 e. The first-order valence-electron chi connectivity index (χ1n) is 19.6. The van der Waals surface area contributed by atoms with Crippen molar-refractivity contribution >= 4 is 35.0 Å². The van der Waals surface area contributed by atoms with Crippen LogP contribution in [0.5, 0.6) is 0 Å². The molecule has 1 saturated heterocycles. The summed E-state index contributed by atoms with van der Waals surface area (Å²) in [5.41, 5.74) is 4.13. The van der Waals surface area contributed by atoms with Crippen LogP contribution in [-0.2, 0) is 30.5 Å². The molecule has 2 heterocycles. The largest absolute Gasteiger partial charge is 0.391 e. The van der Waals surface area contributed by atoms with Crippen molar-refractivity contribution in [2.45, 2.75) is 111 Å². The topological polar surface area (TPSA) is 165 Å². The zero-order chi connectivity index (χ0) is 39.5. The van der Waals surface area contributed by atoms with Crippen molar-refractivity contribution in [1.29, 1.82) is 0 Å². The molecule has 54 heavy (non-hydrogen) atoms. The Morgan fingerprint density at radius 2 is 1.69 bits per heavy atom. The molecule has 2 aromatic rings. The van der Waals surface area contributed by atoms with E-state index in [9.17, 15) is 24.3 Å². The highest BCUT2D eigenvalue weighted by molar-refractivity contribution is 7.13. The first-order chi connectivity index (χ1) is 25.8. The van der Waals surface area contributed by atoms with Crippen LogP contribution in [0.15, 0.2) is 29.8 Å². The number of likely N-dealkylation sites (tertiary alicyclic amines) is 1. The second kappa shape index (κ2) is 23.5. The zero-order valence-corrected chi connectivity index (χ0v) is 34.2. The molecule has 0 bridgehead atoms. The van der Waals surface area contributed by atoms with E-state index in [0.29, 0.717) is 19.7 Å². The third kappa shape index (κ3) is 15.4. The lowest BCUT2D eigenvalue weighted by atomic mass is 9.85. The molecule has 13 nitrogen and oxygen atoms in total. The number of carbonyl (C=O) groups excluding carboxylic acids is 4. The number of hydrogen-bond donors (Lipinski definition) is 5. The average Bonchev–Trinajstić information content (AvgIpc) is 3.76. The number of aryl methyl sites for hydroxylation is 1. The summed E-state index contributed by atoms with van der Waals surface area (Å²) in [4.78, 5) is 61.2. The van der Waals surface area contributed by atoms with Crippen LogP contribution in [0, 0.1) is 12.3 Å². The number of rotatable bonds is 24. The van der Waals surface area contributed by atoms with Gasteiger partial charge in [0.1, 0.15) is 18.7 Å². The molecule has 3 rings (SSSR count). The SMILES string of the molecule is CCN(CCNC)CC(=O)NCCCCCCCCCOCC(=O)N[C@H](C(=O)N1C[C@H](O)C[C@H]1C(=O)NCc1ccc(-c2scnc2C)cc1)C(C)(C)C. The van der Waals surface area contributed by atoms with Crippen LogP contribution < -0.4 is 21.3 Å². The lowest BCUT2D eigenvalue weighted by molar-refractivity contribution is -0.144. The van der Waals surface area contributed by atoms with Gasteiger partial charge in [0.15, 0.2) is 0 Å². The maximum absolute atomic E-state index is 13.9. The molecule has 0 saturated carbocycles. The summed E-state index contributed by atoms with van der Waals surface area (Å²) in [5.74, 6) is -1.06. The number of benzene rings is 1. The fourth-order valence-corrected chi connectivity index (χ4v) is 7.28. The number of thiazole rings is 1. The number of amides is 4. The number of carbonyl (C=O) groups is 4. The summed E-state index contributed by atoms with van der Waals surface area (Å²) in [7, 11) is 1.91. The molecule has 1 aliphatic rings. The second-order valence-corrected chi connectivity index (χ2v) is 16.1. The number of ether oxygens (including phenoxy) is 1. The molecule has 4 amide bonds. The molecule has 0 spiro atoms. The number of aliphatic hydroxyl groups excluding tert-OH is 1. The standard InChI is InChI=1S/C40H65N7O6S/c1-7-46(21-20-41-6)26-34(49)42-19-13-11-9-8-10-12-14-22-53-27-35(50)45-37(40(3,4)5)39(52)47-25-32(48)23-33(47)38(51)43-24-30-15-17-31(18-16-30)36-29(2)44-28-54-36/h15-18,28,32-33,37,41,48H,7-14,19-27H2,1-6H3,(H,42,49)(H,43,51)(H,45,50)/t32-,33+,37-/m1/s1. The summed E-state index contributed by atoms with van der Waals surface area (Å²) >= 11 is 1.58. The molecule has 0 unspecified atom stereocenters. The minimum atomic E-state index is -0.903. The van der Waals surface area contributed by atoms with Crippen LogP contribution in [0.2, 0.25) is 0 Å². The highest BCUT2D eigenvalue weighted by Gasteiger charge is 2.44. The summed E-state index contributed by atoms with van der Waals surface area (Å²) in [6, 6.07) is 6.16. The number of aromatic nitrogens is 1. The van der Waals surface area contributed by atoms with Gasteiger partial charge in [-0.05, 0) is 49.9 Å². The molecule has 1 aliphatic heterocycles. The van der Waals surface area contributed by atoms with Gasteiger partial charge in [-0.15, -0.1) is 11.3 Å². The Morgan fingerprint density at radius 3 is 2.31 bits per heavy atom. The quantitative estimate of drug-likeness (QED) is 0.100. The van der Waals surface area contributed by atoms with Crippen LogP contribution in [0.4, 0.5) is 0 Å². The van der Waals surface area contributed by atoms with E-state index < -0.39 is 35.4 Å². The fraction of sp³-hybridized carbons (Fsp3) is 0.675. The van der Waals surface area contributed by atoms with Gasteiger partial charge in [0, 0.05) is 45.8 Å². The molecular formula is C40H65N7O6S. The summed E-state index contributed by atoms with van der Waals surface area (Å²) < 4.78 is 5.65. The van der Waals surface area contributed by atoms with Crippen molar-refractivity contribution in [3.63, 3.8) is 0 Å². The zero-order valence-electron chi connectivity index (χ0n) is 33.4. The maximum atomic E-state index is 13.9. The first kappa shape index (κ1) is 45.0. The van der Waals surface area contributed by atoms with E-state index >= 15 is 0 Å². The number of nitrogens with one attached hydrogen (secondary N) is 4. The average molecular weight is 772 g/mol. The van der Waals surface area contributed by atoms with E-state index in [1.807, 2.05) is 64.5 Å². The van der Waals surface area contributed by atoms with Gasteiger partial charge in [-0.25, -0.2) is 4.98 Å². The van der Waals surface area contributed by atoms with Gasteiger partial charge < -0.3 is 36.0 Å². The first-order valence-corrected chi connectivity index (χ1v) is 20.5. The van der Waals surface area contributed by atoms with Crippen molar-refractivity contribution in [2.75, 3.05) is 59.5 Å². The van der Waals surface area contributed by atoms with Crippen molar-refractivity contribution in [3.8, 4) is 10.4 Å². The molecule has 0 radical (unpaired) electrons. The van der Waals surface area contributed by atoms with E-state index in [1.54, 1.807) is 11.3 Å². The Balaban J connectivity index is 1.33. The predicted octanol–water partition coefficient (Wildman–Crippen LogP) is 3.63. The van der Waals surface area contributed by atoms with Gasteiger partial charge in [-0.1, -0.05) is 84.1 Å². The predicted molar refractivity (Wildman–Crippen MR) is 214 cm³/mol. The molecular weight excluding hydrogens is 707 g/mol. The second-order valence-electron chi connectivity index (χ2n) is 15.3. The number of aliphatic hydroxyl groups is 1. The number of likely N-dealkylation sites (N-methyl/N-ethyl adjacent to an activating group) is 2. The van der Waals surface area contributed by atoms with Crippen molar-refractivity contribution in [3.05, 3.63) is 41.0 Å². The van der Waals surface area contributed by atoms with Crippen molar-refractivity contribution in [2.24, 2.45) is 5.41 Å². The van der Waals surface area contributed by atoms with Gasteiger partial charge >= 0.3 is 0 Å². The molecule has 1 fully saturated rings. The van der Waals surface area contributed by atoms with E-state index in [4.69, 9.17) is 4.74 Å². The molecule has 1 aromatic heterocycles. The van der Waals surface area contributed by atoms with Crippen molar-refractivity contribution in [1.82, 2.24) is 36.1 Å². The Hall–Kier alpha value is -3.43. The van der Waals surface area contributed by atoms with E-state index in [0.717, 1.165) is 86.3 Å². The molecule has 5 N–H and O–H groups in total. The minimum absolute atomic E-state index is 0.0185. The Kier molecular flexibility index (Phi) is 19.6. The van der Waals surface area contributed by atoms with E-state index in [-0.39, 0.29) is 37.9 Å². The Morgan fingerprint density at radius 1 is 1.00 bits per heavy atom. The smallest absolute Gasteiger partial charge is 0.246 e. The highest BCUT2D eigenvalue weighted by Crippen LogP contribution is 2.28. The van der Waals surface area contributed by atoms with Gasteiger partial charge in [0.25, 0.3) is 0 Å². The third-order valence-corrected chi connectivity index (χ3v) is 10.7. The number of unbranched alkanes of at least 4 members (excludes halogenated alkanes) is 6. The van der Waals surface area contributed by atoms with E-state index in [2.05, 4.69) is 38.1 Å². The lowest BCUT2D eigenvalue weighted by Gasteiger charge is -2.35. The van der Waals surface area contributed by atoms with Gasteiger partial charge in [0.2, 0.25) is 23.6 Å². The van der Waals surface area contributed by atoms with Crippen LogP contribution in [0.3, 0.4) is 0 Å². The van der Waals surface area contributed by atoms with Crippen LogP contribution in [-0.4, -0.2) is 121 Å². The minimum Gasteiger partial charge on any atom is -0.391 e. The van der Waals surface area contributed by atoms with Gasteiger partial charge in [0.05, 0.1) is 28.7 Å². The van der Waals surface area contributed by atoms with Gasteiger partial charge in [-0.2, -0.15) is 0 Å². The van der Waals surface area contributed by atoms with Crippen LogP contribution in [0.25, 0.3) is 10.4 Å². The van der Waals surface area contributed by atoms with Crippen molar-refractivity contribution < 1.29 is 29.0 Å². The summed E-state index contributed by atoms with van der Waals surface area (Å²) in [6.45, 7) is 13.9. The lowest BCUT2D eigenvalue weighted by Crippen LogP contribution is -2.58. The number of hydrogen-bond acceptors (Lipinski definition) is 10. The normalized spacial score (nSPS) is 16.4. The third-order valence-electron chi connectivity index (χ3n) is 9.72. The van der Waals surface area contributed by atoms with Crippen LogP contribution in [0.1, 0.15) is 90.3 Å². The molecule has 302 valence electrons. The van der Waals surface area contributed by atoms with E-state index in [1.165, 1.54) is 4.90 Å². The molecule has 14 heteroatoms. The monoisotopic (exact) mass is 771 g/mol. The molecule has 0 aliphatic carbocycles. The summed E-state index contributed by atoms with van der Waals surface area (Å²) in [6.07, 6.45) is 6.48. The Bertz CT molecular complexity index is 1450. The molecule has 1 aromatic carbocycles. The summed E-state index contributed by atoms with van der Waals surface area (Å²) in [5, 5.41) is 22.4. The Labute approximate surface area is 326 Å². The fourth-order valence-electron chi connectivity index (χ4n) is 6.47. The van der Waals surface area contributed by atoms with Crippen LogP contribution >= 0.6 is 11.3 Å². The molecule has 3 atom stereocenters.